The third kappa shape index (κ3) is 1.99. The third-order valence-electron chi connectivity index (χ3n) is 4.25. The summed E-state index contributed by atoms with van der Waals surface area (Å²) >= 11 is 1.75. The van der Waals surface area contributed by atoms with Gasteiger partial charge in [0.15, 0.2) is 0 Å². The van der Waals surface area contributed by atoms with Crippen molar-refractivity contribution in [3.05, 3.63) is 0 Å². The molecule has 1 aliphatic heterocycles. The van der Waals surface area contributed by atoms with Gasteiger partial charge in [0.05, 0.1) is 18.1 Å². The first-order valence-electron chi connectivity index (χ1n) is 6.24. The van der Waals surface area contributed by atoms with Crippen LogP contribution in [0.2, 0.25) is 0 Å². The smallest absolute Gasteiger partial charge is 0.314 e. The molecular formula is C13H22O3S. The maximum atomic E-state index is 12.1. The van der Waals surface area contributed by atoms with E-state index >= 15 is 0 Å². The molecule has 0 spiro atoms. The molecule has 0 aromatic heterocycles. The van der Waals surface area contributed by atoms with Crippen molar-refractivity contribution < 1.29 is 14.6 Å². The summed E-state index contributed by atoms with van der Waals surface area (Å²) < 4.78 is 4.96. The zero-order chi connectivity index (χ0) is 12.7. The van der Waals surface area contributed by atoms with E-state index in [0.29, 0.717) is 5.75 Å². The van der Waals surface area contributed by atoms with Crippen LogP contribution in [-0.2, 0) is 9.53 Å². The van der Waals surface area contributed by atoms with Crippen molar-refractivity contribution in [2.75, 3.05) is 18.6 Å². The highest BCUT2D eigenvalue weighted by Gasteiger charge is 2.65. The van der Waals surface area contributed by atoms with Crippen LogP contribution in [0.3, 0.4) is 0 Å². The number of ether oxygens (including phenoxy) is 1. The van der Waals surface area contributed by atoms with Crippen molar-refractivity contribution in [2.24, 2.45) is 10.8 Å². The fourth-order valence-electron chi connectivity index (χ4n) is 3.60. The van der Waals surface area contributed by atoms with Gasteiger partial charge in [-0.25, -0.2) is 0 Å². The van der Waals surface area contributed by atoms with E-state index in [-0.39, 0.29) is 11.4 Å². The van der Waals surface area contributed by atoms with Gasteiger partial charge in [0.2, 0.25) is 0 Å². The molecule has 2 rings (SSSR count). The first kappa shape index (κ1) is 13.2. The van der Waals surface area contributed by atoms with Crippen LogP contribution in [0.4, 0.5) is 0 Å². The predicted octanol–water partition coefficient (Wildman–Crippen LogP) is 2.22. The van der Waals surface area contributed by atoms with Crippen LogP contribution in [0.15, 0.2) is 0 Å². The Morgan fingerprint density at radius 2 is 2.00 bits per heavy atom. The minimum atomic E-state index is -0.863. The van der Waals surface area contributed by atoms with Gasteiger partial charge in [0.25, 0.3) is 0 Å². The molecule has 17 heavy (non-hydrogen) atoms. The lowest BCUT2D eigenvalue weighted by Crippen LogP contribution is -2.64. The average Bonchev–Trinajstić information content (AvgIpc) is 2.25. The number of hydrogen-bond acceptors (Lipinski definition) is 4. The molecule has 1 N–H and O–H groups in total. The lowest BCUT2D eigenvalue weighted by atomic mass is 9.48. The number of thioether (sulfide) groups is 1. The molecule has 0 amide bonds. The standard InChI is InChI=1S/C13H22O3S/c1-11(2)7-12(8-11,10(14)16-3)13(15)5-4-6-17-9-13/h15H,4-9H2,1-3H3. The first-order valence-corrected chi connectivity index (χ1v) is 7.39. The number of carbonyl (C=O) groups is 1. The van der Waals surface area contributed by atoms with E-state index in [1.807, 2.05) is 0 Å². The predicted molar refractivity (Wildman–Crippen MR) is 69.0 cm³/mol. The second-order valence-electron chi connectivity index (χ2n) is 6.28. The van der Waals surface area contributed by atoms with E-state index in [2.05, 4.69) is 13.8 Å². The molecular weight excluding hydrogens is 236 g/mol. The van der Waals surface area contributed by atoms with Gasteiger partial charge in [-0.1, -0.05) is 13.8 Å². The molecule has 98 valence electrons. The minimum Gasteiger partial charge on any atom is -0.469 e. The Morgan fingerprint density at radius 1 is 1.35 bits per heavy atom. The van der Waals surface area contributed by atoms with Crippen molar-refractivity contribution in [2.45, 2.75) is 45.1 Å². The highest BCUT2D eigenvalue weighted by molar-refractivity contribution is 7.99. The Morgan fingerprint density at radius 3 is 2.41 bits per heavy atom. The summed E-state index contributed by atoms with van der Waals surface area (Å²) in [5, 5.41) is 10.9. The molecule has 1 atom stereocenters. The third-order valence-corrected chi connectivity index (χ3v) is 5.51. The van der Waals surface area contributed by atoms with Gasteiger partial charge in [0, 0.05) is 5.75 Å². The van der Waals surface area contributed by atoms with E-state index in [1.54, 1.807) is 11.8 Å². The van der Waals surface area contributed by atoms with Crippen LogP contribution in [0.1, 0.15) is 39.5 Å². The van der Waals surface area contributed by atoms with Gasteiger partial charge < -0.3 is 9.84 Å². The second kappa shape index (κ2) is 4.16. The van der Waals surface area contributed by atoms with Crippen molar-refractivity contribution >= 4 is 17.7 Å². The highest BCUT2D eigenvalue weighted by Crippen LogP contribution is 2.62. The quantitative estimate of drug-likeness (QED) is 0.772. The van der Waals surface area contributed by atoms with Crippen LogP contribution < -0.4 is 0 Å². The van der Waals surface area contributed by atoms with Crippen LogP contribution in [0.25, 0.3) is 0 Å². The van der Waals surface area contributed by atoms with Crippen molar-refractivity contribution in [3.8, 4) is 0 Å². The number of methoxy groups -OCH3 is 1. The lowest BCUT2D eigenvalue weighted by molar-refractivity contribution is -0.205. The average molecular weight is 258 g/mol. The Labute approximate surface area is 107 Å². The van der Waals surface area contributed by atoms with E-state index in [1.165, 1.54) is 7.11 Å². The number of rotatable bonds is 2. The number of hydrogen-bond donors (Lipinski definition) is 1. The van der Waals surface area contributed by atoms with Crippen LogP contribution in [-0.4, -0.2) is 35.3 Å². The Balaban J connectivity index is 2.25. The zero-order valence-electron chi connectivity index (χ0n) is 10.9. The topological polar surface area (TPSA) is 46.5 Å². The highest BCUT2D eigenvalue weighted by atomic mass is 32.2. The summed E-state index contributed by atoms with van der Waals surface area (Å²) in [6.07, 6.45) is 3.19. The summed E-state index contributed by atoms with van der Waals surface area (Å²) in [7, 11) is 1.43. The van der Waals surface area contributed by atoms with Gasteiger partial charge in [-0.2, -0.15) is 11.8 Å². The molecule has 1 saturated heterocycles. The Bertz CT molecular complexity index is 311. The van der Waals surface area contributed by atoms with Gasteiger partial charge in [-0.05, 0) is 36.9 Å². The maximum absolute atomic E-state index is 12.1. The molecule has 4 heteroatoms. The Kier molecular flexibility index (Phi) is 3.24. The van der Waals surface area contributed by atoms with Gasteiger partial charge >= 0.3 is 5.97 Å². The fourth-order valence-corrected chi connectivity index (χ4v) is 4.85. The van der Waals surface area contributed by atoms with Crippen LogP contribution in [0.5, 0.6) is 0 Å². The number of aliphatic hydroxyl groups is 1. The molecule has 0 radical (unpaired) electrons. The van der Waals surface area contributed by atoms with Crippen LogP contribution in [0, 0.1) is 10.8 Å². The summed E-state index contributed by atoms with van der Waals surface area (Å²) in [6, 6.07) is 0. The van der Waals surface area contributed by atoms with E-state index in [9.17, 15) is 9.90 Å². The molecule has 0 bridgehead atoms. The largest absolute Gasteiger partial charge is 0.469 e. The summed E-state index contributed by atoms with van der Waals surface area (Å²) in [4.78, 5) is 12.1. The molecule has 0 aromatic rings. The van der Waals surface area contributed by atoms with Crippen LogP contribution >= 0.6 is 11.8 Å². The van der Waals surface area contributed by atoms with Crippen molar-refractivity contribution in [3.63, 3.8) is 0 Å². The monoisotopic (exact) mass is 258 g/mol. The maximum Gasteiger partial charge on any atom is 0.314 e. The fraction of sp³-hybridized carbons (Fsp3) is 0.923. The molecule has 0 aromatic carbocycles. The normalized spacial score (nSPS) is 34.8. The van der Waals surface area contributed by atoms with Crippen molar-refractivity contribution in [1.29, 1.82) is 0 Å². The van der Waals surface area contributed by atoms with Gasteiger partial charge in [-0.15, -0.1) is 0 Å². The summed E-state index contributed by atoms with van der Waals surface area (Å²) in [5.41, 5.74) is -1.37. The molecule has 1 saturated carbocycles. The number of carbonyl (C=O) groups excluding carboxylic acids is 1. The van der Waals surface area contributed by atoms with Gasteiger partial charge in [-0.3, -0.25) is 4.79 Å². The summed E-state index contributed by atoms with van der Waals surface area (Å²) in [6.45, 7) is 4.29. The Hall–Kier alpha value is -0.220. The molecule has 1 heterocycles. The SMILES string of the molecule is COC(=O)C1(C2(O)CCCSC2)CC(C)(C)C1. The van der Waals surface area contributed by atoms with E-state index in [0.717, 1.165) is 31.4 Å². The molecule has 2 aliphatic rings. The summed E-state index contributed by atoms with van der Waals surface area (Å²) in [5.74, 6) is 1.53. The molecule has 1 aliphatic carbocycles. The van der Waals surface area contributed by atoms with E-state index in [4.69, 9.17) is 4.74 Å². The minimum absolute atomic E-state index is 0.145. The van der Waals surface area contributed by atoms with Gasteiger partial charge in [0.1, 0.15) is 0 Å². The second-order valence-corrected chi connectivity index (χ2v) is 7.38. The first-order chi connectivity index (χ1) is 7.85. The van der Waals surface area contributed by atoms with Crippen molar-refractivity contribution in [1.82, 2.24) is 0 Å². The molecule has 1 unspecified atom stereocenters. The molecule has 3 nitrogen and oxygen atoms in total. The zero-order valence-corrected chi connectivity index (χ0v) is 11.7. The molecule has 2 fully saturated rings. The number of esters is 1. The lowest BCUT2D eigenvalue weighted by Gasteiger charge is -2.59. The van der Waals surface area contributed by atoms with E-state index < -0.39 is 11.0 Å².